The highest BCUT2D eigenvalue weighted by Crippen LogP contribution is 1.90. The van der Waals surface area contributed by atoms with Crippen LogP contribution in [0, 0.1) is 0 Å². The molecule has 2 nitrogen and oxygen atoms in total. The number of hydrogen-bond donors (Lipinski definition) is 1. The van der Waals surface area contributed by atoms with E-state index in [9.17, 15) is 0 Å². The zero-order chi connectivity index (χ0) is 9.07. The first-order valence-electron chi connectivity index (χ1n) is 5.20. The SMILES string of the molecule is CCCCCN[SiH2]OCCCC. The minimum absolute atomic E-state index is 0.387. The summed E-state index contributed by atoms with van der Waals surface area (Å²) in [5.74, 6) is 0. The van der Waals surface area contributed by atoms with Gasteiger partial charge in [-0.3, -0.25) is 0 Å². The maximum Gasteiger partial charge on any atom is 0.235 e. The Bertz CT molecular complexity index is 70.9. The van der Waals surface area contributed by atoms with Crippen LogP contribution in [-0.4, -0.2) is 23.1 Å². The Hall–Kier alpha value is 0.137. The molecule has 0 heterocycles. The molecule has 0 amide bonds. The van der Waals surface area contributed by atoms with Gasteiger partial charge >= 0.3 is 0 Å². The van der Waals surface area contributed by atoms with Crippen LogP contribution in [0.4, 0.5) is 0 Å². The van der Waals surface area contributed by atoms with Gasteiger partial charge in [0.2, 0.25) is 9.92 Å². The van der Waals surface area contributed by atoms with E-state index >= 15 is 0 Å². The molecule has 0 rings (SSSR count). The molecule has 0 aromatic heterocycles. The number of hydrogen-bond acceptors (Lipinski definition) is 2. The van der Waals surface area contributed by atoms with E-state index in [2.05, 4.69) is 18.8 Å². The van der Waals surface area contributed by atoms with Crippen LogP contribution >= 0.6 is 0 Å². The second-order valence-corrected chi connectivity index (χ2v) is 4.31. The van der Waals surface area contributed by atoms with Crippen LogP contribution in [0.2, 0.25) is 0 Å². The van der Waals surface area contributed by atoms with Crippen LogP contribution in [0.5, 0.6) is 0 Å². The van der Waals surface area contributed by atoms with Crippen LogP contribution in [0.1, 0.15) is 46.0 Å². The second kappa shape index (κ2) is 11.1. The summed E-state index contributed by atoms with van der Waals surface area (Å²) < 4.78 is 5.48. The Morgan fingerprint density at radius 3 is 2.50 bits per heavy atom. The highest BCUT2D eigenvalue weighted by atomic mass is 28.2. The predicted octanol–water partition coefficient (Wildman–Crippen LogP) is 1.58. The van der Waals surface area contributed by atoms with Gasteiger partial charge in [0.1, 0.15) is 0 Å². The smallest absolute Gasteiger partial charge is 0.235 e. The first-order valence-corrected chi connectivity index (χ1v) is 6.48. The van der Waals surface area contributed by atoms with Crippen LogP contribution in [-0.2, 0) is 4.43 Å². The topological polar surface area (TPSA) is 21.3 Å². The number of unbranched alkanes of at least 4 members (excludes halogenated alkanes) is 3. The van der Waals surface area contributed by atoms with Gasteiger partial charge in [-0.2, -0.15) is 0 Å². The summed E-state index contributed by atoms with van der Waals surface area (Å²) in [4.78, 5) is 3.40. The van der Waals surface area contributed by atoms with Crippen LogP contribution in [0.25, 0.3) is 0 Å². The van der Waals surface area contributed by atoms with Crippen molar-refractivity contribution < 1.29 is 4.43 Å². The van der Waals surface area contributed by atoms with E-state index in [1.807, 2.05) is 0 Å². The first kappa shape index (κ1) is 12.1. The second-order valence-electron chi connectivity index (χ2n) is 3.11. The molecule has 0 saturated heterocycles. The molecule has 12 heavy (non-hydrogen) atoms. The van der Waals surface area contributed by atoms with E-state index in [0.29, 0.717) is 0 Å². The molecule has 0 spiro atoms. The van der Waals surface area contributed by atoms with Gasteiger partial charge < -0.3 is 9.41 Å². The zero-order valence-electron chi connectivity index (χ0n) is 8.57. The molecule has 0 bridgehead atoms. The van der Waals surface area contributed by atoms with Gasteiger partial charge in [-0.05, 0) is 19.4 Å². The summed E-state index contributed by atoms with van der Waals surface area (Å²) in [5, 5.41) is 0. The largest absolute Gasteiger partial charge is 0.409 e. The van der Waals surface area contributed by atoms with Gasteiger partial charge in [0, 0.05) is 6.61 Å². The fourth-order valence-corrected chi connectivity index (χ4v) is 1.85. The lowest BCUT2D eigenvalue weighted by molar-refractivity contribution is 0.319. The fraction of sp³-hybridized carbons (Fsp3) is 1.00. The van der Waals surface area contributed by atoms with Crippen molar-refractivity contribution in [3.63, 3.8) is 0 Å². The summed E-state index contributed by atoms with van der Waals surface area (Å²) in [6.07, 6.45) is 6.41. The van der Waals surface area contributed by atoms with Crippen LogP contribution in [0.3, 0.4) is 0 Å². The molecule has 0 aromatic carbocycles. The average Bonchev–Trinajstić information content (AvgIpc) is 2.10. The Balaban J connectivity index is 2.73. The molecule has 0 unspecified atom stereocenters. The van der Waals surface area contributed by atoms with E-state index < -0.39 is 0 Å². The number of rotatable bonds is 9. The van der Waals surface area contributed by atoms with Gasteiger partial charge in [0.25, 0.3) is 0 Å². The molecule has 3 heteroatoms. The van der Waals surface area contributed by atoms with Gasteiger partial charge in [0.05, 0.1) is 0 Å². The Kier molecular flexibility index (Phi) is 11.3. The van der Waals surface area contributed by atoms with Gasteiger partial charge in [-0.25, -0.2) is 0 Å². The quantitative estimate of drug-likeness (QED) is 0.439. The average molecular weight is 189 g/mol. The third kappa shape index (κ3) is 10.1. The molecule has 0 fully saturated rings. The normalized spacial score (nSPS) is 11.5. The number of nitrogens with one attached hydrogen (secondary N) is 1. The minimum Gasteiger partial charge on any atom is -0.409 e. The lowest BCUT2D eigenvalue weighted by Gasteiger charge is -2.04. The van der Waals surface area contributed by atoms with E-state index in [1.54, 1.807) is 0 Å². The van der Waals surface area contributed by atoms with E-state index in [-0.39, 0.29) is 9.92 Å². The standard InChI is InChI=1S/C9H23NOSi/c1-3-5-7-8-10-12-11-9-6-4-2/h10H,3-9,12H2,1-2H3. The molecular formula is C9H23NOSi. The lowest BCUT2D eigenvalue weighted by atomic mass is 10.3. The van der Waals surface area contributed by atoms with Crippen molar-refractivity contribution >= 4 is 9.92 Å². The van der Waals surface area contributed by atoms with Crippen LogP contribution in [0.15, 0.2) is 0 Å². The van der Waals surface area contributed by atoms with Crippen molar-refractivity contribution in [2.75, 3.05) is 13.2 Å². The van der Waals surface area contributed by atoms with Crippen molar-refractivity contribution in [1.82, 2.24) is 4.98 Å². The summed E-state index contributed by atoms with van der Waals surface area (Å²) in [7, 11) is -0.387. The molecular weight excluding hydrogens is 166 g/mol. The lowest BCUT2D eigenvalue weighted by Crippen LogP contribution is -2.23. The summed E-state index contributed by atoms with van der Waals surface area (Å²) in [5.41, 5.74) is 0. The molecule has 0 atom stereocenters. The fourth-order valence-electron chi connectivity index (χ4n) is 0.963. The van der Waals surface area contributed by atoms with Crippen molar-refractivity contribution in [1.29, 1.82) is 0 Å². The zero-order valence-corrected chi connectivity index (χ0v) is 9.98. The molecule has 0 saturated carbocycles. The highest BCUT2D eigenvalue weighted by Gasteiger charge is 1.88. The maximum absolute atomic E-state index is 5.48. The van der Waals surface area contributed by atoms with Crippen molar-refractivity contribution in [3.05, 3.63) is 0 Å². The molecule has 0 aliphatic heterocycles. The monoisotopic (exact) mass is 189 g/mol. The highest BCUT2D eigenvalue weighted by molar-refractivity contribution is 6.23. The summed E-state index contributed by atoms with van der Waals surface area (Å²) in [6.45, 7) is 6.55. The third-order valence-corrected chi connectivity index (χ3v) is 2.85. The van der Waals surface area contributed by atoms with Crippen molar-refractivity contribution in [2.45, 2.75) is 46.0 Å². The van der Waals surface area contributed by atoms with Gasteiger partial charge in [-0.1, -0.05) is 33.1 Å². The third-order valence-electron chi connectivity index (χ3n) is 1.80. The Morgan fingerprint density at radius 2 is 1.83 bits per heavy atom. The van der Waals surface area contributed by atoms with E-state index in [1.165, 1.54) is 32.1 Å². The first-order chi connectivity index (χ1) is 5.91. The summed E-state index contributed by atoms with van der Waals surface area (Å²) in [6, 6.07) is 0. The molecule has 0 aliphatic carbocycles. The maximum atomic E-state index is 5.48. The van der Waals surface area contributed by atoms with Crippen molar-refractivity contribution in [2.24, 2.45) is 0 Å². The Labute approximate surface area is 79.1 Å². The molecule has 0 aromatic rings. The molecule has 0 aliphatic rings. The molecule has 74 valence electrons. The van der Waals surface area contributed by atoms with Crippen molar-refractivity contribution in [3.8, 4) is 0 Å². The predicted molar refractivity (Wildman–Crippen MR) is 56.9 cm³/mol. The van der Waals surface area contributed by atoms with Gasteiger partial charge in [-0.15, -0.1) is 0 Å². The minimum atomic E-state index is -0.387. The Morgan fingerprint density at radius 1 is 1.08 bits per heavy atom. The molecule has 0 radical (unpaired) electrons. The van der Waals surface area contributed by atoms with E-state index in [4.69, 9.17) is 4.43 Å². The van der Waals surface area contributed by atoms with Gasteiger partial charge in [0.15, 0.2) is 0 Å². The molecule has 1 N–H and O–H groups in total. The summed E-state index contributed by atoms with van der Waals surface area (Å²) >= 11 is 0. The van der Waals surface area contributed by atoms with Crippen LogP contribution < -0.4 is 4.98 Å². The van der Waals surface area contributed by atoms with E-state index in [0.717, 1.165) is 13.2 Å².